The van der Waals surface area contributed by atoms with Gasteiger partial charge in [-0.3, -0.25) is 5.41 Å². The van der Waals surface area contributed by atoms with Crippen molar-refractivity contribution in [3.63, 3.8) is 0 Å². The van der Waals surface area contributed by atoms with Crippen molar-refractivity contribution in [3.05, 3.63) is 0 Å². The average Bonchev–Trinajstić information content (AvgIpc) is 1.69. The van der Waals surface area contributed by atoms with Gasteiger partial charge in [-0.15, -0.1) is 5.48 Å². The van der Waals surface area contributed by atoms with Crippen LogP contribution in [0.2, 0.25) is 0 Å². The van der Waals surface area contributed by atoms with Crippen LogP contribution in [0.3, 0.4) is 0 Å². The number of hydrogen-bond donors (Lipinski definition) is 2. The fourth-order valence-corrected chi connectivity index (χ4v) is 0.116. The molecule has 0 aliphatic carbocycles. The maximum atomic E-state index is 7.83. The molecule has 2 N–H and O–H groups in total. The van der Waals surface area contributed by atoms with Crippen molar-refractivity contribution in [3.8, 4) is 6.07 Å². The first kappa shape index (κ1) is 5.92. The van der Waals surface area contributed by atoms with Crippen LogP contribution < -0.4 is 5.48 Å². The molecule has 0 bridgehead atoms. The molecule has 0 aromatic heterocycles. The Bertz CT molecular complexity index is 84.7. The molecule has 0 aromatic rings. The third-order valence-corrected chi connectivity index (χ3v) is 0.293. The molecular weight excluding hydrogens is 94.1 g/mol. The van der Waals surface area contributed by atoms with Crippen LogP contribution in [0.4, 0.5) is 0 Å². The lowest BCUT2D eigenvalue weighted by Gasteiger charge is -1.89. The predicted molar refractivity (Wildman–Crippen MR) is 23.5 cm³/mol. The van der Waals surface area contributed by atoms with E-state index in [-0.39, 0.29) is 6.54 Å². The number of nitrogens with one attached hydrogen (secondary N) is 2. The van der Waals surface area contributed by atoms with Gasteiger partial charge in [0.15, 0.2) is 6.40 Å². The Balaban J connectivity index is 2.72. The Hall–Kier alpha value is -1.08. The van der Waals surface area contributed by atoms with E-state index in [0.29, 0.717) is 0 Å². The van der Waals surface area contributed by atoms with Gasteiger partial charge < -0.3 is 4.84 Å². The third-order valence-electron chi connectivity index (χ3n) is 0.293. The largest absolute Gasteiger partial charge is 0.396 e. The Morgan fingerprint density at radius 1 is 2.00 bits per heavy atom. The van der Waals surface area contributed by atoms with Gasteiger partial charge in [0, 0.05) is 0 Å². The van der Waals surface area contributed by atoms with Crippen LogP contribution in [-0.4, -0.2) is 12.9 Å². The van der Waals surface area contributed by atoms with Gasteiger partial charge in [-0.25, -0.2) is 0 Å². The second-order valence-corrected chi connectivity index (χ2v) is 0.715. The van der Waals surface area contributed by atoms with E-state index in [1.807, 2.05) is 0 Å². The average molecular weight is 99.1 g/mol. The first-order valence-electron chi connectivity index (χ1n) is 1.66. The predicted octanol–water partition coefficient (Wildman–Crippen LogP) is -0.362. The fraction of sp³-hybridized carbons (Fsp3) is 0.333. The van der Waals surface area contributed by atoms with Crippen molar-refractivity contribution < 1.29 is 4.84 Å². The molecule has 0 atom stereocenters. The molecule has 38 valence electrons. The normalized spacial score (nSPS) is 6.71. The topological polar surface area (TPSA) is 68.9 Å². The molecular formula is C3H5N3O. The van der Waals surface area contributed by atoms with Gasteiger partial charge in [-0.05, 0) is 0 Å². The second kappa shape index (κ2) is 4.92. The van der Waals surface area contributed by atoms with E-state index in [1.54, 1.807) is 6.07 Å². The number of rotatable bonds is 3. The quantitative estimate of drug-likeness (QED) is 0.167. The molecule has 7 heavy (non-hydrogen) atoms. The van der Waals surface area contributed by atoms with E-state index in [9.17, 15) is 0 Å². The zero-order valence-electron chi connectivity index (χ0n) is 3.64. The van der Waals surface area contributed by atoms with Gasteiger partial charge >= 0.3 is 0 Å². The standard InChI is InChI=1S/C3H5N3O/c4-1-2-6-7-3-5/h3,5-6H,2H2. The summed E-state index contributed by atoms with van der Waals surface area (Å²) in [5.74, 6) is 0. The van der Waals surface area contributed by atoms with Crippen molar-refractivity contribution in [2.75, 3.05) is 6.54 Å². The zero-order valence-corrected chi connectivity index (χ0v) is 3.64. The van der Waals surface area contributed by atoms with Gasteiger partial charge in [0.25, 0.3) is 0 Å². The molecule has 0 unspecified atom stereocenters. The zero-order chi connectivity index (χ0) is 5.54. The van der Waals surface area contributed by atoms with Crippen LogP contribution >= 0.6 is 0 Å². The third kappa shape index (κ3) is 4.92. The van der Waals surface area contributed by atoms with E-state index >= 15 is 0 Å². The Labute approximate surface area is 41.2 Å². The Morgan fingerprint density at radius 2 is 2.71 bits per heavy atom. The molecule has 4 heteroatoms. The molecule has 0 heterocycles. The van der Waals surface area contributed by atoms with E-state index in [2.05, 4.69) is 10.3 Å². The SMILES string of the molecule is N#CCNOC=N. The van der Waals surface area contributed by atoms with Crippen LogP contribution in [0.15, 0.2) is 0 Å². The summed E-state index contributed by atoms with van der Waals surface area (Å²) in [7, 11) is 0. The molecule has 0 aliphatic heterocycles. The van der Waals surface area contributed by atoms with Gasteiger partial charge in [-0.1, -0.05) is 0 Å². The number of hydrogen-bond acceptors (Lipinski definition) is 4. The number of nitrogens with zero attached hydrogens (tertiary/aromatic N) is 1. The molecule has 0 saturated heterocycles. The van der Waals surface area contributed by atoms with E-state index in [1.165, 1.54) is 0 Å². The summed E-state index contributed by atoms with van der Waals surface area (Å²) < 4.78 is 0. The highest BCUT2D eigenvalue weighted by atomic mass is 16.6. The number of nitriles is 1. The Morgan fingerprint density at radius 3 is 3.14 bits per heavy atom. The van der Waals surface area contributed by atoms with Gasteiger partial charge in [-0.2, -0.15) is 5.26 Å². The summed E-state index contributed by atoms with van der Waals surface area (Å²) in [4.78, 5) is 4.14. The van der Waals surface area contributed by atoms with Crippen LogP contribution in [0.25, 0.3) is 0 Å². The van der Waals surface area contributed by atoms with Crippen molar-refractivity contribution in [1.82, 2.24) is 5.48 Å². The van der Waals surface area contributed by atoms with Crippen molar-refractivity contribution in [2.45, 2.75) is 0 Å². The fourth-order valence-electron chi connectivity index (χ4n) is 0.116. The highest BCUT2D eigenvalue weighted by Gasteiger charge is 1.72. The molecule has 0 aliphatic rings. The number of hydroxylamine groups is 1. The highest BCUT2D eigenvalue weighted by Crippen LogP contribution is 1.51. The first-order valence-corrected chi connectivity index (χ1v) is 1.66. The molecule has 0 fully saturated rings. The first-order chi connectivity index (χ1) is 3.41. The summed E-state index contributed by atoms with van der Waals surface area (Å²) in [5.41, 5.74) is 2.18. The lowest BCUT2D eigenvalue weighted by molar-refractivity contribution is 0.206. The smallest absolute Gasteiger partial charge is 0.193 e. The van der Waals surface area contributed by atoms with E-state index in [0.717, 1.165) is 6.40 Å². The minimum Gasteiger partial charge on any atom is -0.396 e. The van der Waals surface area contributed by atoms with Crippen molar-refractivity contribution in [2.24, 2.45) is 0 Å². The molecule has 0 radical (unpaired) electrons. The molecule has 0 spiro atoms. The van der Waals surface area contributed by atoms with E-state index < -0.39 is 0 Å². The summed E-state index contributed by atoms with van der Waals surface area (Å²) in [6.07, 6.45) is 0.720. The summed E-state index contributed by atoms with van der Waals surface area (Å²) in [6, 6.07) is 1.76. The Kier molecular flexibility index (Phi) is 4.16. The molecule has 0 saturated carbocycles. The van der Waals surface area contributed by atoms with Gasteiger partial charge in [0.05, 0.1) is 6.07 Å². The molecule has 0 rings (SSSR count). The highest BCUT2D eigenvalue weighted by molar-refractivity contribution is 5.40. The van der Waals surface area contributed by atoms with Crippen LogP contribution in [0, 0.1) is 16.7 Å². The van der Waals surface area contributed by atoms with Gasteiger partial charge in [0.1, 0.15) is 6.54 Å². The van der Waals surface area contributed by atoms with Crippen molar-refractivity contribution in [1.29, 1.82) is 10.7 Å². The minimum absolute atomic E-state index is 0.107. The molecule has 4 nitrogen and oxygen atoms in total. The van der Waals surface area contributed by atoms with Crippen molar-refractivity contribution >= 4 is 6.40 Å². The molecule has 0 amide bonds. The molecule has 0 aromatic carbocycles. The summed E-state index contributed by atoms with van der Waals surface area (Å²) in [6.45, 7) is 0.107. The van der Waals surface area contributed by atoms with E-state index in [4.69, 9.17) is 10.7 Å². The van der Waals surface area contributed by atoms with Crippen LogP contribution in [0.5, 0.6) is 0 Å². The van der Waals surface area contributed by atoms with Gasteiger partial charge in [0.2, 0.25) is 0 Å². The minimum atomic E-state index is 0.107. The lowest BCUT2D eigenvalue weighted by Crippen LogP contribution is -2.12. The summed E-state index contributed by atoms with van der Waals surface area (Å²) >= 11 is 0. The lowest BCUT2D eigenvalue weighted by atomic mass is 10.8. The maximum Gasteiger partial charge on any atom is 0.193 e. The monoisotopic (exact) mass is 99.0 g/mol. The van der Waals surface area contributed by atoms with Crippen LogP contribution in [0.1, 0.15) is 0 Å². The second-order valence-electron chi connectivity index (χ2n) is 0.715. The maximum absolute atomic E-state index is 7.83. The summed E-state index contributed by atoms with van der Waals surface area (Å²) in [5, 5.41) is 14.1. The van der Waals surface area contributed by atoms with Crippen LogP contribution in [-0.2, 0) is 4.84 Å².